The average molecular weight is 593 g/mol. The first kappa shape index (κ1) is 27.0. The minimum atomic E-state index is -0.928. The Balaban J connectivity index is 1.11. The van der Waals surface area contributed by atoms with Gasteiger partial charge in [-0.2, -0.15) is 0 Å². The molecule has 6 rings (SSSR count). The summed E-state index contributed by atoms with van der Waals surface area (Å²) in [6.45, 7) is 3.67. The van der Waals surface area contributed by atoms with Crippen molar-refractivity contribution in [3.05, 3.63) is 98.8 Å². The third-order valence-corrected chi connectivity index (χ3v) is 9.02. The topological polar surface area (TPSA) is 76.8 Å². The molecule has 1 N–H and O–H groups in total. The molecule has 3 aromatic carbocycles. The van der Waals surface area contributed by atoms with Gasteiger partial charge < -0.3 is 19.1 Å². The summed E-state index contributed by atoms with van der Waals surface area (Å²) in [5.41, 5.74) is 5.82. The van der Waals surface area contributed by atoms with Gasteiger partial charge in [-0.1, -0.05) is 47.5 Å². The second kappa shape index (κ2) is 11.8. The Labute approximate surface area is 244 Å². The molecule has 2 aliphatic heterocycles. The average Bonchev–Trinajstić information content (AvgIpc) is 3.22. The monoisotopic (exact) mass is 591 g/mol. The van der Waals surface area contributed by atoms with Crippen LogP contribution in [-0.2, 0) is 24.1 Å². The van der Waals surface area contributed by atoms with E-state index in [1.807, 2.05) is 12.1 Å². The molecular weight excluding hydrogens is 565 g/mol. The maximum atomic E-state index is 11.6. The lowest BCUT2D eigenvalue weighted by Crippen LogP contribution is -2.40. The van der Waals surface area contributed by atoms with Crippen LogP contribution in [0.3, 0.4) is 0 Å². The van der Waals surface area contributed by atoms with E-state index in [1.54, 1.807) is 36.4 Å². The van der Waals surface area contributed by atoms with E-state index in [0.717, 1.165) is 60.3 Å². The lowest BCUT2D eigenvalue weighted by molar-refractivity contribution is 0.000853. The van der Waals surface area contributed by atoms with Crippen molar-refractivity contribution in [2.75, 3.05) is 19.7 Å². The molecule has 4 aromatic rings. The Morgan fingerprint density at radius 2 is 2.00 bits per heavy atom. The summed E-state index contributed by atoms with van der Waals surface area (Å²) in [5.74, 6) is 0.640. The number of carboxylic acid groups (broad SMARTS) is 1. The molecule has 1 atom stereocenters. The molecule has 3 heterocycles. The molecule has 2 fully saturated rings. The smallest absolute Gasteiger partial charge is 0.335 e. The highest BCUT2D eigenvalue weighted by Gasteiger charge is 2.25. The Morgan fingerprint density at radius 3 is 2.75 bits per heavy atom. The molecule has 0 bridgehead atoms. The summed E-state index contributed by atoms with van der Waals surface area (Å²) in [7, 11) is 0.617. The van der Waals surface area contributed by atoms with Gasteiger partial charge in [-0.25, -0.2) is 9.78 Å². The van der Waals surface area contributed by atoms with Gasteiger partial charge in [0.2, 0.25) is 0 Å². The van der Waals surface area contributed by atoms with Gasteiger partial charge in [0, 0.05) is 36.6 Å². The highest BCUT2D eigenvalue weighted by atomic mass is 35.5. The molecular formula is C30H27Cl2N3O4Si. The van der Waals surface area contributed by atoms with Crippen LogP contribution in [0, 0.1) is 0 Å². The van der Waals surface area contributed by atoms with Gasteiger partial charge in [0.05, 0.1) is 28.2 Å². The van der Waals surface area contributed by atoms with Crippen LogP contribution in [0.25, 0.3) is 17.1 Å². The fourth-order valence-electron chi connectivity index (χ4n) is 4.89. The van der Waals surface area contributed by atoms with Gasteiger partial charge >= 0.3 is 5.97 Å². The number of carboxylic acids is 1. The van der Waals surface area contributed by atoms with Crippen LogP contribution < -0.4 is 4.74 Å². The van der Waals surface area contributed by atoms with E-state index in [4.69, 9.17) is 37.7 Å². The molecule has 0 saturated carbocycles. The van der Waals surface area contributed by atoms with Crippen molar-refractivity contribution in [2.24, 2.45) is 0 Å². The van der Waals surface area contributed by atoms with Gasteiger partial charge in [0.25, 0.3) is 0 Å². The number of hydrogen-bond donors (Lipinski definition) is 1. The van der Waals surface area contributed by atoms with Crippen LogP contribution in [0.5, 0.6) is 5.75 Å². The minimum absolute atomic E-state index is 0.279. The number of carbonyl (C=O) groups is 1. The van der Waals surface area contributed by atoms with Crippen LogP contribution in [0.4, 0.5) is 0 Å². The Hall–Kier alpha value is -3.14. The van der Waals surface area contributed by atoms with Crippen molar-refractivity contribution < 1.29 is 19.4 Å². The first-order valence-corrected chi connectivity index (χ1v) is 15.1. The van der Waals surface area contributed by atoms with E-state index in [-0.39, 0.29) is 5.56 Å². The van der Waals surface area contributed by atoms with E-state index in [2.05, 4.69) is 27.7 Å². The number of ether oxygens (including phenoxy) is 2. The van der Waals surface area contributed by atoms with E-state index >= 15 is 0 Å². The molecule has 10 heteroatoms. The molecule has 40 heavy (non-hydrogen) atoms. The normalized spacial score (nSPS) is 16.9. The minimum Gasteiger partial charge on any atom is -0.487 e. The number of aromatic carboxylic acids is 1. The summed E-state index contributed by atoms with van der Waals surface area (Å²) < 4.78 is 13.7. The SMILES string of the molecule is O=C(O)c1ccc2nc(CN3CC(=Cc4cccc(COc5ccc(Cl)cc5Cl)c4)C3)n(C[Si][C@@H]3CCO3)c2c1. The third kappa shape index (κ3) is 6.11. The largest absolute Gasteiger partial charge is 0.487 e. The number of halogens is 2. The predicted molar refractivity (Wildman–Crippen MR) is 157 cm³/mol. The maximum Gasteiger partial charge on any atom is 0.335 e. The van der Waals surface area contributed by atoms with Gasteiger partial charge in [-0.15, -0.1) is 0 Å². The van der Waals surface area contributed by atoms with E-state index in [9.17, 15) is 9.90 Å². The van der Waals surface area contributed by atoms with Crippen LogP contribution in [0.2, 0.25) is 10.0 Å². The van der Waals surface area contributed by atoms with Crippen LogP contribution >= 0.6 is 23.2 Å². The molecule has 7 nitrogen and oxygen atoms in total. The number of imidazole rings is 1. The van der Waals surface area contributed by atoms with Gasteiger partial charge in [0.1, 0.15) is 27.7 Å². The third-order valence-electron chi connectivity index (χ3n) is 7.08. The standard InChI is InChI=1S/C30H27Cl2N3O4Si/c31-23-5-7-27(24(32)13-23)39-17-20-3-1-2-19(10-20)11-21-14-34(15-21)16-28-33-25-6-4-22(30(36)37)12-26(25)35(28)18-40-29-8-9-38-29/h1-7,10-13,29H,8-9,14-18H2,(H,36,37)/t29-/m1/s1. The summed E-state index contributed by atoms with van der Waals surface area (Å²) >= 11 is 12.2. The van der Waals surface area contributed by atoms with Gasteiger partial charge in [-0.3, -0.25) is 4.90 Å². The molecule has 1 aromatic heterocycles. The van der Waals surface area contributed by atoms with E-state index in [0.29, 0.717) is 44.2 Å². The summed E-state index contributed by atoms with van der Waals surface area (Å²) in [5, 5.41) is 10.6. The molecule has 0 amide bonds. The molecule has 0 unspecified atom stereocenters. The number of aromatic nitrogens is 2. The fraction of sp³-hybridized carbons (Fsp3) is 0.267. The molecule has 2 radical (unpaired) electrons. The quantitative estimate of drug-likeness (QED) is 0.230. The number of rotatable bonds is 10. The molecule has 204 valence electrons. The number of nitrogens with zero attached hydrogens (tertiary/aromatic N) is 3. The summed E-state index contributed by atoms with van der Waals surface area (Å²) in [4.78, 5) is 18.8. The first-order chi connectivity index (χ1) is 19.4. The number of hydrogen-bond acceptors (Lipinski definition) is 5. The van der Waals surface area contributed by atoms with Crippen LogP contribution in [0.1, 0.15) is 33.7 Å². The summed E-state index contributed by atoms with van der Waals surface area (Å²) in [6.07, 6.45) is 4.10. The number of fused-ring (bicyclic) bond motifs is 1. The van der Waals surface area contributed by atoms with Gasteiger partial charge in [0.15, 0.2) is 0 Å². The van der Waals surface area contributed by atoms with Crippen molar-refractivity contribution in [1.82, 2.24) is 14.5 Å². The Kier molecular flexibility index (Phi) is 7.95. The highest BCUT2D eigenvalue weighted by molar-refractivity contribution is 6.36. The van der Waals surface area contributed by atoms with Crippen molar-refractivity contribution in [3.8, 4) is 5.75 Å². The zero-order valence-corrected chi connectivity index (χ0v) is 24.2. The molecule has 0 spiro atoms. The Bertz CT molecular complexity index is 1590. The summed E-state index contributed by atoms with van der Waals surface area (Å²) in [6, 6.07) is 18.7. The lowest BCUT2D eigenvalue weighted by atomic mass is 10.0. The lowest BCUT2D eigenvalue weighted by Gasteiger charge is -2.34. The predicted octanol–water partition coefficient (Wildman–Crippen LogP) is 5.93. The number of likely N-dealkylation sites (tertiary alicyclic amines) is 1. The van der Waals surface area contributed by atoms with Crippen molar-refractivity contribution in [2.45, 2.75) is 31.5 Å². The van der Waals surface area contributed by atoms with Crippen LogP contribution in [0.15, 0.2) is 66.2 Å². The van der Waals surface area contributed by atoms with E-state index in [1.165, 1.54) is 5.57 Å². The fourth-order valence-corrected chi connectivity index (χ4v) is 6.65. The number of benzene rings is 3. The second-order valence-electron chi connectivity index (χ2n) is 10.0. The first-order valence-electron chi connectivity index (χ1n) is 13.1. The molecule has 2 aliphatic rings. The van der Waals surface area contributed by atoms with Crippen molar-refractivity contribution >= 4 is 55.8 Å². The zero-order valence-electron chi connectivity index (χ0n) is 21.6. The van der Waals surface area contributed by atoms with Gasteiger partial charge in [-0.05, 0) is 65.6 Å². The second-order valence-corrected chi connectivity index (χ2v) is 12.2. The maximum absolute atomic E-state index is 11.6. The van der Waals surface area contributed by atoms with E-state index < -0.39 is 5.97 Å². The highest BCUT2D eigenvalue weighted by Crippen LogP contribution is 2.29. The molecule has 2 saturated heterocycles. The van der Waals surface area contributed by atoms with Crippen LogP contribution in [-0.4, -0.2) is 60.5 Å². The van der Waals surface area contributed by atoms with Crippen molar-refractivity contribution in [1.29, 1.82) is 0 Å². The Morgan fingerprint density at radius 1 is 1.15 bits per heavy atom. The molecule has 0 aliphatic carbocycles. The van der Waals surface area contributed by atoms with Crippen molar-refractivity contribution in [3.63, 3.8) is 0 Å². The zero-order chi connectivity index (χ0) is 27.6.